The highest BCUT2D eigenvalue weighted by Crippen LogP contribution is 2.21. The largest absolute Gasteiger partial charge is 0.278 e. The number of hydrogen-bond acceptors (Lipinski definition) is 3. The first-order valence-electron chi connectivity index (χ1n) is 6.15. The smallest absolute Gasteiger partial charge is 0.278 e. The monoisotopic (exact) mass is 279 g/mol. The number of anilines is 1. The van der Waals surface area contributed by atoms with Crippen molar-refractivity contribution in [2.24, 2.45) is 0 Å². The maximum atomic E-state index is 12.0. The molecule has 0 saturated carbocycles. The van der Waals surface area contributed by atoms with E-state index < -0.39 is 10.0 Å². The summed E-state index contributed by atoms with van der Waals surface area (Å²) in [6.45, 7) is 4.27. The summed E-state index contributed by atoms with van der Waals surface area (Å²) in [6.07, 6.45) is 2.46. The van der Waals surface area contributed by atoms with Gasteiger partial charge >= 0.3 is 0 Å². The topological polar surface area (TPSA) is 74.8 Å². The van der Waals surface area contributed by atoms with Crippen molar-refractivity contribution < 1.29 is 8.42 Å². The average molecular weight is 279 g/mol. The van der Waals surface area contributed by atoms with Crippen LogP contribution in [-0.4, -0.2) is 18.6 Å². The van der Waals surface area contributed by atoms with Crippen LogP contribution in [0.3, 0.4) is 0 Å². The van der Waals surface area contributed by atoms with E-state index in [9.17, 15) is 8.42 Å². The first-order chi connectivity index (χ1) is 9.03. The van der Waals surface area contributed by atoms with Gasteiger partial charge in [-0.1, -0.05) is 26.0 Å². The second-order valence-electron chi connectivity index (χ2n) is 4.46. The van der Waals surface area contributed by atoms with E-state index in [0.717, 1.165) is 6.42 Å². The molecule has 5 nitrogen and oxygen atoms in total. The molecule has 19 heavy (non-hydrogen) atoms. The quantitative estimate of drug-likeness (QED) is 0.883. The molecule has 2 rings (SSSR count). The van der Waals surface area contributed by atoms with Crippen molar-refractivity contribution >= 4 is 15.7 Å². The molecule has 0 aliphatic carbocycles. The van der Waals surface area contributed by atoms with E-state index in [0.29, 0.717) is 11.6 Å². The fourth-order valence-corrected chi connectivity index (χ4v) is 2.69. The fraction of sp³-hybridized carbons (Fsp3) is 0.308. The summed E-state index contributed by atoms with van der Waals surface area (Å²) >= 11 is 0. The van der Waals surface area contributed by atoms with Crippen molar-refractivity contribution in [2.45, 2.75) is 31.2 Å². The second-order valence-corrected chi connectivity index (χ2v) is 6.11. The Kier molecular flexibility index (Phi) is 3.90. The molecule has 1 unspecified atom stereocenters. The van der Waals surface area contributed by atoms with Crippen LogP contribution in [0.25, 0.3) is 0 Å². The molecule has 6 heteroatoms. The van der Waals surface area contributed by atoms with Gasteiger partial charge in [0.05, 0.1) is 6.20 Å². The van der Waals surface area contributed by atoms with E-state index in [1.165, 1.54) is 17.8 Å². The van der Waals surface area contributed by atoms with Crippen molar-refractivity contribution in [3.05, 3.63) is 42.1 Å². The molecular weight excluding hydrogens is 262 g/mol. The number of aromatic amines is 1. The third-order valence-corrected chi connectivity index (χ3v) is 4.42. The van der Waals surface area contributed by atoms with E-state index in [1.54, 1.807) is 12.1 Å². The molecule has 0 fully saturated rings. The van der Waals surface area contributed by atoms with E-state index in [4.69, 9.17) is 0 Å². The number of rotatable bonds is 5. The van der Waals surface area contributed by atoms with Gasteiger partial charge in [0.2, 0.25) is 0 Å². The maximum absolute atomic E-state index is 12.0. The van der Waals surface area contributed by atoms with Gasteiger partial charge in [0, 0.05) is 5.69 Å². The summed E-state index contributed by atoms with van der Waals surface area (Å²) in [5.74, 6) is 0.471. The Labute approximate surface area is 113 Å². The zero-order valence-corrected chi connectivity index (χ0v) is 11.7. The highest BCUT2D eigenvalue weighted by molar-refractivity contribution is 7.92. The summed E-state index contributed by atoms with van der Waals surface area (Å²) in [5.41, 5.74) is 1.74. The van der Waals surface area contributed by atoms with Crippen molar-refractivity contribution in [3.8, 4) is 0 Å². The van der Waals surface area contributed by atoms with Gasteiger partial charge < -0.3 is 0 Å². The zero-order valence-electron chi connectivity index (χ0n) is 10.9. The number of aromatic nitrogens is 2. The van der Waals surface area contributed by atoms with Crippen LogP contribution in [0.5, 0.6) is 0 Å². The van der Waals surface area contributed by atoms with Crippen molar-refractivity contribution in [1.29, 1.82) is 0 Å². The van der Waals surface area contributed by atoms with Gasteiger partial charge in [0.1, 0.15) is 0 Å². The first-order valence-corrected chi connectivity index (χ1v) is 7.63. The molecule has 2 aromatic rings. The highest BCUT2D eigenvalue weighted by atomic mass is 32.2. The molecule has 1 aromatic carbocycles. The third kappa shape index (κ3) is 3.14. The summed E-state index contributed by atoms with van der Waals surface area (Å²) in [7, 11) is -3.58. The minimum Gasteiger partial charge on any atom is -0.278 e. The van der Waals surface area contributed by atoms with E-state index in [1.807, 2.05) is 12.1 Å². The van der Waals surface area contributed by atoms with Gasteiger partial charge in [0.15, 0.2) is 5.03 Å². The minimum atomic E-state index is -3.58. The van der Waals surface area contributed by atoms with Crippen molar-refractivity contribution in [1.82, 2.24) is 10.2 Å². The molecule has 0 aliphatic heterocycles. The molecule has 0 amide bonds. The molecule has 0 saturated heterocycles. The van der Waals surface area contributed by atoms with Crippen LogP contribution in [0.15, 0.2) is 41.6 Å². The van der Waals surface area contributed by atoms with Crippen LogP contribution < -0.4 is 4.72 Å². The fourth-order valence-electron chi connectivity index (χ4n) is 1.72. The number of H-pyrrole nitrogens is 1. The number of nitrogens with one attached hydrogen (secondary N) is 2. The van der Waals surface area contributed by atoms with Gasteiger partial charge in [-0.2, -0.15) is 13.5 Å². The first kappa shape index (κ1) is 13.6. The van der Waals surface area contributed by atoms with Crippen molar-refractivity contribution in [2.75, 3.05) is 4.72 Å². The molecule has 1 aromatic heterocycles. The average Bonchev–Trinajstić information content (AvgIpc) is 2.93. The van der Waals surface area contributed by atoms with Crippen LogP contribution >= 0.6 is 0 Å². The lowest BCUT2D eigenvalue weighted by Gasteiger charge is -2.10. The van der Waals surface area contributed by atoms with E-state index in [2.05, 4.69) is 28.8 Å². The number of benzene rings is 1. The van der Waals surface area contributed by atoms with Gasteiger partial charge in [-0.25, -0.2) is 0 Å². The van der Waals surface area contributed by atoms with Crippen LogP contribution in [0.2, 0.25) is 0 Å². The Morgan fingerprint density at radius 3 is 2.47 bits per heavy atom. The summed E-state index contributed by atoms with van der Waals surface area (Å²) < 4.78 is 26.4. The summed E-state index contributed by atoms with van der Waals surface area (Å²) in [6, 6.07) is 8.85. The Balaban J connectivity index is 2.16. The van der Waals surface area contributed by atoms with Gasteiger partial charge in [0.25, 0.3) is 10.0 Å². The van der Waals surface area contributed by atoms with Crippen LogP contribution in [0.1, 0.15) is 31.7 Å². The SMILES string of the molecule is CCC(C)c1ccc(NS(=O)(=O)c2ccn[nH]2)cc1. The molecule has 0 spiro atoms. The predicted molar refractivity (Wildman–Crippen MR) is 74.5 cm³/mol. The van der Waals surface area contributed by atoms with Crippen molar-refractivity contribution in [3.63, 3.8) is 0 Å². The van der Waals surface area contributed by atoms with E-state index in [-0.39, 0.29) is 5.03 Å². The molecule has 0 aliphatic rings. The van der Waals surface area contributed by atoms with Crippen LogP contribution in [0.4, 0.5) is 5.69 Å². The van der Waals surface area contributed by atoms with E-state index >= 15 is 0 Å². The van der Waals surface area contributed by atoms with Crippen LogP contribution in [-0.2, 0) is 10.0 Å². The number of hydrogen-bond donors (Lipinski definition) is 2. The lowest BCUT2D eigenvalue weighted by atomic mass is 9.99. The molecule has 1 heterocycles. The molecule has 1 atom stereocenters. The number of nitrogens with zero attached hydrogens (tertiary/aromatic N) is 1. The normalized spacial score (nSPS) is 13.2. The maximum Gasteiger partial charge on any atom is 0.278 e. The summed E-state index contributed by atoms with van der Waals surface area (Å²) in [4.78, 5) is 0. The number of sulfonamides is 1. The lowest BCUT2D eigenvalue weighted by molar-refractivity contribution is 0.597. The Morgan fingerprint density at radius 2 is 1.95 bits per heavy atom. The Hall–Kier alpha value is -1.82. The molecule has 2 N–H and O–H groups in total. The van der Waals surface area contributed by atoms with Gasteiger partial charge in [-0.15, -0.1) is 0 Å². The molecule has 102 valence electrons. The molecule has 0 radical (unpaired) electrons. The minimum absolute atomic E-state index is 0.0542. The second kappa shape index (κ2) is 5.44. The highest BCUT2D eigenvalue weighted by Gasteiger charge is 2.15. The van der Waals surface area contributed by atoms with Gasteiger partial charge in [-0.3, -0.25) is 9.82 Å². The van der Waals surface area contributed by atoms with Gasteiger partial charge in [-0.05, 0) is 36.1 Å². The Bertz CT molecular complexity index is 618. The van der Waals surface area contributed by atoms with Crippen LogP contribution in [0, 0.1) is 0 Å². The Morgan fingerprint density at radius 1 is 1.26 bits per heavy atom. The zero-order chi connectivity index (χ0) is 13.9. The molecular formula is C13H17N3O2S. The third-order valence-electron chi connectivity index (χ3n) is 3.11. The molecule has 0 bridgehead atoms. The predicted octanol–water partition coefficient (Wildman–Crippen LogP) is 2.72. The summed E-state index contributed by atoms with van der Waals surface area (Å²) in [5, 5.41) is 6.12. The lowest BCUT2D eigenvalue weighted by Crippen LogP contribution is -2.13. The standard InChI is InChI=1S/C13H17N3O2S/c1-3-10(2)11-4-6-12(7-5-11)16-19(17,18)13-8-9-14-15-13/h4-10,16H,3H2,1-2H3,(H,14,15).